The van der Waals surface area contributed by atoms with E-state index in [0.29, 0.717) is 17.1 Å². The number of hydrogen-bond donors (Lipinski definition) is 2. The zero-order valence-electron chi connectivity index (χ0n) is 10.2. The number of benzene rings is 2. The van der Waals surface area contributed by atoms with E-state index in [1.165, 1.54) is 10.8 Å². The van der Waals surface area contributed by atoms with Gasteiger partial charge in [0.15, 0.2) is 10.6 Å². The maximum Gasteiger partial charge on any atom is 0.195 e. The lowest BCUT2D eigenvalue weighted by atomic mass is 10.0. The molecule has 96 valence electrons. The molecule has 1 heterocycles. The Labute approximate surface area is 115 Å². The minimum absolute atomic E-state index is 0.127. The molecule has 0 aliphatic carbocycles. The van der Waals surface area contributed by atoms with E-state index in [2.05, 4.69) is 34.5 Å². The third kappa shape index (κ3) is 2.18. The topological polar surface area (TPSA) is 53.8 Å². The SMILES string of the molecule is OCc1n[nH]c(=S)n1Cc1cccc2ccccc12. The van der Waals surface area contributed by atoms with Crippen LogP contribution in [0.3, 0.4) is 0 Å². The zero-order chi connectivity index (χ0) is 13.2. The Hall–Kier alpha value is -1.98. The Morgan fingerprint density at radius 1 is 1.16 bits per heavy atom. The van der Waals surface area contributed by atoms with Gasteiger partial charge < -0.3 is 5.11 Å². The van der Waals surface area contributed by atoms with Gasteiger partial charge in [0.2, 0.25) is 0 Å². The molecule has 4 nitrogen and oxygen atoms in total. The van der Waals surface area contributed by atoms with Gasteiger partial charge in [0.1, 0.15) is 6.61 Å². The van der Waals surface area contributed by atoms with Crippen LogP contribution in [-0.4, -0.2) is 19.9 Å². The summed E-state index contributed by atoms with van der Waals surface area (Å²) in [5.41, 5.74) is 1.16. The fraction of sp³-hybridized carbons (Fsp3) is 0.143. The predicted molar refractivity (Wildman–Crippen MR) is 76.4 cm³/mol. The Morgan fingerprint density at radius 2 is 1.95 bits per heavy atom. The molecule has 0 bridgehead atoms. The van der Waals surface area contributed by atoms with E-state index in [9.17, 15) is 5.11 Å². The molecule has 2 N–H and O–H groups in total. The van der Waals surface area contributed by atoms with Crippen LogP contribution in [0.25, 0.3) is 10.8 Å². The molecule has 0 spiro atoms. The lowest BCUT2D eigenvalue weighted by Crippen LogP contribution is -2.05. The van der Waals surface area contributed by atoms with Gasteiger partial charge in [0.05, 0.1) is 6.54 Å². The summed E-state index contributed by atoms with van der Waals surface area (Å²) in [5.74, 6) is 0.554. The first-order chi connectivity index (χ1) is 9.29. The second kappa shape index (κ2) is 4.95. The van der Waals surface area contributed by atoms with Crippen molar-refractivity contribution in [3.8, 4) is 0 Å². The first-order valence-electron chi connectivity index (χ1n) is 6.01. The van der Waals surface area contributed by atoms with Gasteiger partial charge in [-0.25, -0.2) is 0 Å². The average molecular weight is 271 g/mol. The first-order valence-corrected chi connectivity index (χ1v) is 6.42. The van der Waals surface area contributed by atoms with Crippen molar-refractivity contribution in [1.82, 2.24) is 14.8 Å². The van der Waals surface area contributed by atoms with Crippen LogP contribution in [0.5, 0.6) is 0 Å². The Bertz CT molecular complexity index is 770. The molecule has 19 heavy (non-hydrogen) atoms. The lowest BCUT2D eigenvalue weighted by molar-refractivity contribution is 0.265. The van der Waals surface area contributed by atoms with Crippen LogP contribution in [0.4, 0.5) is 0 Å². The molecule has 0 atom stereocenters. The summed E-state index contributed by atoms with van der Waals surface area (Å²) in [6.45, 7) is 0.477. The highest BCUT2D eigenvalue weighted by atomic mass is 32.1. The Kier molecular flexibility index (Phi) is 3.15. The smallest absolute Gasteiger partial charge is 0.195 e. The minimum atomic E-state index is -0.127. The summed E-state index contributed by atoms with van der Waals surface area (Å²) in [5, 5.41) is 18.4. The van der Waals surface area contributed by atoms with Crippen LogP contribution in [-0.2, 0) is 13.2 Å². The van der Waals surface area contributed by atoms with Crippen LogP contribution in [0, 0.1) is 4.77 Å². The van der Waals surface area contributed by atoms with Crippen molar-refractivity contribution in [3.63, 3.8) is 0 Å². The number of aliphatic hydroxyl groups is 1. The summed E-state index contributed by atoms with van der Waals surface area (Å²) in [4.78, 5) is 0. The van der Waals surface area contributed by atoms with E-state index in [1.807, 2.05) is 22.8 Å². The van der Waals surface area contributed by atoms with Crippen molar-refractivity contribution in [2.75, 3.05) is 0 Å². The monoisotopic (exact) mass is 271 g/mol. The Morgan fingerprint density at radius 3 is 2.79 bits per heavy atom. The number of nitrogens with one attached hydrogen (secondary N) is 1. The van der Waals surface area contributed by atoms with Crippen LogP contribution < -0.4 is 0 Å². The molecule has 3 aromatic rings. The minimum Gasteiger partial charge on any atom is -0.388 e. The quantitative estimate of drug-likeness (QED) is 0.720. The summed E-state index contributed by atoms with van der Waals surface area (Å²) >= 11 is 5.19. The summed E-state index contributed by atoms with van der Waals surface area (Å²) in [7, 11) is 0. The number of aromatic nitrogens is 3. The van der Waals surface area contributed by atoms with E-state index in [-0.39, 0.29) is 6.61 Å². The zero-order valence-corrected chi connectivity index (χ0v) is 11.0. The second-order valence-corrected chi connectivity index (χ2v) is 4.71. The standard InChI is InChI=1S/C14H13N3OS/c18-9-13-15-16-14(19)17(13)8-11-6-3-5-10-4-1-2-7-12(10)11/h1-7,18H,8-9H2,(H,16,19). The van der Waals surface area contributed by atoms with E-state index in [0.717, 1.165) is 5.56 Å². The van der Waals surface area contributed by atoms with Crippen molar-refractivity contribution < 1.29 is 5.11 Å². The molecule has 0 radical (unpaired) electrons. The highest BCUT2D eigenvalue weighted by Gasteiger charge is 2.07. The Balaban J connectivity index is 2.11. The number of H-pyrrole nitrogens is 1. The van der Waals surface area contributed by atoms with Crippen LogP contribution in [0.1, 0.15) is 11.4 Å². The van der Waals surface area contributed by atoms with Gasteiger partial charge in [0, 0.05) is 0 Å². The maximum absolute atomic E-state index is 9.27. The van der Waals surface area contributed by atoms with Crippen LogP contribution >= 0.6 is 12.2 Å². The molecule has 0 amide bonds. The molecule has 0 aliphatic heterocycles. The van der Waals surface area contributed by atoms with Gasteiger partial charge in [-0.3, -0.25) is 9.67 Å². The number of rotatable bonds is 3. The lowest BCUT2D eigenvalue weighted by Gasteiger charge is -2.08. The van der Waals surface area contributed by atoms with Crippen molar-refractivity contribution >= 4 is 23.0 Å². The van der Waals surface area contributed by atoms with E-state index < -0.39 is 0 Å². The molecule has 0 fully saturated rings. The fourth-order valence-corrected chi connectivity index (χ4v) is 2.45. The largest absolute Gasteiger partial charge is 0.388 e. The van der Waals surface area contributed by atoms with Crippen LogP contribution in [0.2, 0.25) is 0 Å². The summed E-state index contributed by atoms with van der Waals surface area (Å²) in [6, 6.07) is 14.4. The van der Waals surface area contributed by atoms with Gasteiger partial charge in [-0.2, -0.15) is 5.10 Å². The van der Waals surface area contributed by atoms with E-state index in [4.69, 9.17) is 12.2 Å². The molecule has 2 aromatic carbocycles. The van der Waals surface area contributed by atoms with E-state index in [1.54, 1.807) is 0 Å². The van der Waals surface area contributed by atoms with Crippen molar-refractivity contribution in [2.45, 2.75) is 13.2 Å². The fourth-order valence-electron chi connectivity index (χ4n) is 2.23. The molecule has 0 saturated heterocycles. The maximum atomic E-state index is 9.27. The third-order valence-electron chi connectivity index (χ3n) is 3.19. The van der Waals surface area contributed by atoms with Gasteiger partial charge in [-0.05, 0) is 28.6 Å². The highest BCUT2D eigenvalue weighted by Crippen LogP contribution is 2.19. The number of hydrogen-bond acceptors (Lipinski definition) is 3. The molecule has 0 aliphatic rings. The molecule has 0 unspecified atom stereocenters. The van der Waals surface area contributed by atoms with Gasteiger partial charge in [-0.1, -0.05) is 42.5 Å². The summed E-state index contributed by atoms with van der Waals surface area (Å²) < 4.78 is 2.34. The predicted octanol–water partition coefficient (Wildman–Crippen LogP) is 2.63. The normalized spacial score (nSPS) is 11.0. The molecule has 1 aromatic heterocycles. The van der Waals surface area contributed by atoms with Gasteiger partial charge in [-0.15, -0.1) is 0 Å². The van der Waals surface area contributed by atoms with Crippen molar-refractivity contribution in [3.05, 3.63) is 58.6 Å². The third-order valence-corrected chi connectivity index (χ3v) is 3.50. The van der Waals surface area contributed by atoms with Crippen molar-refractivity contribution in [1.29, 1.82) is 0 Å². The first kappa shape index (κ1) is 12.1. The number of nitrogens with zero attached hydrogens (tertiary/aromatic N) is 2. The number of aliphatic hydroxyl groups excluding tert-OH is 1. The molecule has 0 saturated carbocycles. The molecular weight excluding hydrogens is 258 g/mol. The average Bonchev–Trinajstić information content (AvgIpc) is 2.80. The van der Waals surface area contributed by atoms with E-state index >= 15 is 0 Å². The molecule has 5 heteroatoms. The second-order valence-electron chi connectivity index (χ2n) is 4.33. The number of aromatic amines is 1. The van der Waals surface area contributed by atoms with Crippen LogP contribution in [0.15, 0.2) is 42.5 Å². The number of fused-ring (bicyclic) bond motifs is 1. The van der Waals surface area contributed by atoms with Gasteiger partial charge in [0.25, 0.3) is 0 Å². The summed E-state index contributed by atoms with van der Waals surface area (Å²) in [6.07, 6.45) is 0. The molecular formula is C14H13N3OS. The molecule has 3 rings (SSSR count). The highest BCUT2D eigenvalue weighted by molar-refractivity contribution is 7.71. The van der Waals surface area contributed by atoms with Gasteiger partial charge >= 0.3 is 0 Å². The van der Waals surface area contributed by atoms with Crippen molar-refractivity contribution in [2.24, 2.45) is 0 Å².